The van der Waals surface area contributed by atoms with E-state index in [0.29, 0.717) is 0 Å². The van der Waals surface area contributed by atoms with Gasteiger partial charge in [-0.2, -0.15) is 0 Å². The van der Waals surface area contributed by atoms with Crippen molar-refractivity contribution < 1.29 is 4.74 Å². The van der Waals surface area contributed by atoms with E-state index in [2.05, 4.69) is 10.4 Å². The number of methoxy groups -OCH3 is 1. The minimum Gasteiger partial charge on any atom is -0.385 e. The van der Waals surface area contributed by atoms with Crippen LogP contribution in [-0.2, 0) is 4.74 Å². The van der Waals surface area contributed by atoms with Crippen molar-refractivity contribution in [2.24, 2.45) is 0 Å². The van der Waals surface area contributed by atoms with E-state index in [1.807, 2.05) is 0 Å². The molecule has 0 saturated carbocycles. The molecule has 8 heavy (non-hydrogen) atoms. The summed E-state index contributed by atoms with van der Waals surface area (Å²) in [4.78, 5) is 0. The lowest BCUT2D eigenvalue weighted by molar-refractivity contribution is 0.189. The highest BCUT2D eigenvalue weighted by Gasteiger charge is 2.13. The summed E-state index contributed by atoms with van der Waals surface area (Å²) in [5.41, 5.74) is 3.07. The molecule has 1 rings (SSSR count). The molecule has 3 heteroatoms. The fourth-order valence-corrected chi connectivity index (χ4v) is 0.608. The molecular formula is C5H12N2O. The number of hydrogen-bond donors (Lipinski definition) is 1. The zero-order chi connectivity index (χ0) is 5.82. The van der Waals surface area contributed by atoms with Gasteiger partial charge in [0, 0.05) is 20.3 Å². The van der Waals surface area contributed by atoms with Crippen LogP contribution in [0.25, 0.3) is 0 Å². The van der Waals surface area contributed by atoms with Crippen LogP contribution in [0.1, 0.15) is 6.42 Å². The fourth-order valence-electron chi connectivity index (χ4n) is 0.608. The van der Waals surface area contributed by atoms with Gasteiger partial charge >= 0.3 is 0 Å². The summed E-state index contributed by atoms with van der Waals surface area (Å²) < 4.78 is 4.87. The predicted octanol–water partition coefficient (Wildman–Crippen LogP) is -0.199. The van der Waals surface area contributed by atoms with Crippen molar-refractivity contribution in [3.8, 4) is 0 Å². The van der Waals surface area contributed by atoms with Crippen LogP contribution in [0, 0.1) is 0 Å². The molecule has 0 aromatic heterocycles. The normalized spacial score (nSPS) is 25.9. The predicted molar refractivity (Wildman–Crippen MR) is 31.2 cm³/mol. The molecule has 0 amide bonds. The molecule has 1 saturated heterocycles. The molecule has 0 radical (unpaired) electrons. The highest BCUT2D eigenvalue weighted by Crippen LogP contribution is 1.94. The van der Waals surface area contributed by atoms with E-state index < -0.39 is 0 Å². The topological polar surface area (TPSA) is 34.2 Å². The Morgan fingerprint density at radius 1 is 1.75 bits per heavy atom. The summed E-state index contributed by atoms with van der Waals surface area (Å²) in [5, 5.41) is 2.15. The van der Waals surface area contributed by atoms with Crippen molar-refractivity contribution in [3.05, 3.63) is 0 Å². The molecule has 1 atom stereocenters. The number of hydrogen-bond acceptors (Lipinski definition) is 3. The van der Waals surface area contributed by atoms with Gasteiger partial charge in [-0.1, -0.05) is 0 Å². The van der Waals surface area contributed by atoms with Crippen LogP contribution in [-0.4, -0.2) is 31.9 Å². The van der Waals surface area contributed by atoms with Gasteiger partial charge in [-0.25, -0.2) is 10.4 Å². The van der Waals surface area contributed by atoms with Gasteiger partial charge in [0.25, 0.3) is 0 Å². The van der Waals surface area contributed by atoms with Crippen molar-refractivity contribution in [2.75, 3.05) is 26.9 Å². The highest BCUT2D eigenvalue weighted by molar-refractivity contribution is 4.58. The van der Waals surface area contributed by atoms with Gasteiger partial charge in [-0.15, -0.1) is 0 Å². The summed E-state index contributed by atoms with van der Waals surface area (Å²) in [6.07, 6.45) is 1.13. The maximum atomic E-state index is 4.87. The van der Waals surface area contributed by atoms with Gasteiger partial charge < -0.3 is 4.74 Å². The Kier molecular flexibility index (Phi) is 2.27. The van der Waals surface area contributed by atoms with Crippen LogP contribution >= 0.6 is 0 Å². The third kappa shape index (κ3) is 2.26. The highest BCUT2D eigenvalue weighted by atomic mass is 16.5. The van der Waals surface area contributed by atoms with Gasteiger partial charge in [-0.05, 0) is 6.42 Å². The first-order chi connectivity index (χ1) is 3.93. The van der Waals surface area contributed by atoms with Crippen LogP contribution in [0.15, 0.2) is 0 Å². The zero-order valence-corrected chi connectivity index (χ0v) is 5.18. The minimum atomic E-state index is 0.873. The zero-order valence-electron chi connectivity index (χ0n) is 5.18. The summed E-state index contributed by atoms with van der Waals surface area (Å²) >= 11 is 0. The van der Waals surface area contributed by atoms with Crippen molar-refractivity contribution in [1.82, 2.24) is 10.4 Å². The van der Waals surface area contributed by atoms with Crippen LogP contribution < -0.4 is 5.43 Å². The molecule has 0 aromatic rings. The largest absolute Gasteiger partial charge is 0.385 e. The number of nitrogens with one attached hydrogen (secondary N) is 1. The molecule has 0 bridgehead atoms. The molecule has 1 aliphatic rings. The molecule has 3 nitrogen and oxygen atoms in total. The third-order valence-electron chi connectivity index (χ3n) is 1.16. The van der Waals surface area contributed by atoms with E-state index in [1.54, 1.807) is 7.11 Å². The first-order valence-electron chi connectivity index (χ1n) is 2.91. The lowest BCUT2D eigenvalue weighted by Gasteiger charge is -1.95. The Bertz CT molecular complexity index is 63.4. The van der Waals surface area contributed by atoms with Crippen molar-refractivity contribution >= 4 is 0 Å². The molecule has 1 heterocycles. The Hall–Kier alpha value is -0.120. The van der Waals surface area contributed by atoms with E-state index in [1.165, 1.54) is 0 Å². The summed E-state index contributed by atoms with van der Waals surface area (Å²) in [7, 11) is 1.73. The quantitative estimate of drug-likeness (QED) is 0.408. The number of ether oxygens (including phenoxy) is 1. The van der Waals surface area contributed by atoms with Gasteiger partial charge in [0.05, 0.1) is 6.67 Å². The summed E-state index contributed by atoms with van der Waals surface area (Å²) in [6, 6.07) is 0. The SMILES string of the molecule is COCCC[N@@]1CN1. The van der Waals surface area contributed by atoms with E-state index in [9.17, 15) is 0 Å². The van der Waals surface area contributed by atoms with E-state index >= 15 is 0 Å². The first kappa shape index (κ1) is 6.01. The van der Waals surface area contributed by atoms with Gasteiger partial charge in [0.2, 0.25) is 0 Å². The minimum absolute atomic E-state index is 0.873. The smallest absolute Gasteiger partial charge is 0.0754 e. The van der Waals surface area contributed by atoms with Gasteiger partial charge in [0.1, 0.15) is 0 Å². The van der Waals surface area contributed by atoms with Crippen molar-refractivity contribution in [3.63, 3.8) is 0 Å². The average molecular weight is 116 g/mol. The molecule has 0 unspecified atom stereocenters. The lowest BCUT2D eigenvalue weighted by atomic mass is 10.5. The maximum absolute atomic E-state index is 4.87. The van der Waals surface area contributed by atoms with Crippen molar-refractivity contribution in [1.29, 1.82) is 0 Å². The van der Waals surface area contributed by atoms with Crippen LogP contribution in [0.2, 0.25) is 0 Å². The Balaban J connectivity index is 1.74. The van der Waals surface area contributed by atoms with E-state index in [-0.39, 0.29) is 0 Å². The summed E-state index contributed by atoms with van der Waals surface area (Å²) in [6.45, 7) is 3.05. The van der Waals surface area contributed by atoms with Gasteiger partial charge in [-0.3, -0.25) is 0 Å². The van der Waals surface area contributed by atoms with E-state index in [0.717, 1.165) is 26.2 Å². The third-order valence-corrected chi connectivity index (χ3v) is 1.16. The Labute approximate surface area is 49.6 Å². The molecule has 0 aliphatic carbocycles. The molecule has 1 fully saturated rings. The van der Waals surface area contributed by atoms with Crippen molar-refractivity contribution in [2.45, 2.75) is 6.42 Å². The average Bonchev–Trinajstić information content (AvgIpc) is 2.51. The van der Waals surface area contributed by atoms with Crippen LogP contribution in [0.3, 0.4) is 0 Å². The second-order valence-corrected chi connectivity index (χ2v) is 1.93. The number of nitrogens with zero attached hydrogens (tertiary/aromatic N) is 1. The molecule has 0 spiro atoms. The van der Waals surface area contributed by atoms with Crippen LogP contribution in [0.5, 0.6) is 0 Å². The number of rotatable bonds is 4. The monoisotopic (exact) mass is 116 g/mol. The molecule has 0 aromatic carbocycles. The molecule has 48 valence electrons. The first-order valence-corrected chi connectivity index (χ1v) is 2.91. The van der Waals surface area contributed by atoms with E-state index in [4.69, 9.17) is 4.74 Å². The Morgan fingerprint density at radius 2 is 2.50 bits per heavy atom. The Morgan fingerprint density at radius 3 is 3.00 bits per heavy atom. The van der Waals surface area contributed by atoms with Crippen LogP contribution in [0.4, 0.5) is 0 Å². The summed E-state index contributed by atoms with van der Waals surface area (Å²) in [5.74, 6) is 0. The fraction of sp³-hybridized carbons (Fsp3) is 1.00. The standard InChI is InChI=1S/C5H12N2O/c1-8-4-2-3-7-5-6-7/h6H,2-5H2,1H3/t7-/m0/s1. The molecular weight excluding hydrogens is 104 g/mol. The maximum Gasteiger partial charge on any atom is 0.0754 e. The second kappa shape index (κ2) is 3.02. The lowest BCUT2D eigenvalue weighted by Crippen LogP contribution is -2.05. The molecule has 1 aliphatic heterocycles. The number of hydrazine groups is 1. The molecule has 1 N–H and O–H groups in total. The second-order valence-electron chi connectivity index (χ2n) is 1.93. The van der Waals surface area contributed by atoms with Gasteiger partial charge in [0.15, 0.2) is 0 Å².